The van der Waals surface area contributed by atoms with Crippen LogP contribution in [0.4, 0.5) is 24.7 Å². The zero-order valence-corrected chi connectivity index (χ0v) is 29.4. The van der Waals surface area contributed by atoms with Gasteiger partial charge in [-0.15, -0.1) is 0 Å². The highest BCUT2D eigenvalue weighted by Crippen LogP contribution is 2.65. The molecule has 1 saturated carbocycles. The smallest absolute Gasteiger partial charge is 0.417 e. The van der Waals surface area contributed by atoms with E-state index in [1.165, 1.54) is 18.2 Å². The molecular weight excluding hydrogens is 756 g/mol. The summed E-state index contributed by atoms with van der Waals surface area (Å²) in [4.78, 5) is 63.2. The second kappa shape index (κ2) is 12.6. The number of benzene rings is 3. The zero-order chi connectivity index (χ0) is 37.6. The van der Waals surface area contributed by atoms with Crippen LogP contribution in [0.3, 0.4) is 0 Å². The van der Waals surface area contributed by atoms with E-state index < -0.39 is 75.4 Å². The second-order valence-corrected chi connectivity index (χ2v) is 14.7. The highest BCUT2D eigenvalue weighted by molar-refractivity contribution is 6.33. The first-order valence-corrected chi connectivity index (χ1v) is 17.6. The number of rotatable bonds is 5. The number of anilines is 2. The molecule has 2 aliphatic carbocycles. The molecule has 3 fully saturated rings. The normalized spacial score (nSPS) is 26.7. The lowest BCUT2D eigenvalue weighted by Gasteiger charge is -2.50. The largest absolute Gasteiger partial charge is 0.508 e. The minimum absolute atomic E-state index is 0.0774. The molecule has 8 rings (SSSR count). The predicted molar refractivity (Wildman–Crippen MR) is 189 cm³/mol. The van der Waals surface area contributed by atoms with Crippen molar-refractivity contribution in [2.75, 3.05) is 10.3 Å². The summed E-state index contributed by atoms with van der Waals surface area (Å²) in [5.41, 5.74) is 1.10. The van der Waals surface area contributed by atoms with Crippen LogP contribution in [0.15, 0.2) is 96.7 Å². The van der Waals surface area contributed by atoms with E-state index in [0.717, 1.165) is 4.90 Å². The summed E-state index contributed by atoms with van der Waals surface area (Å²) in [5, 5.41) is 12.2. The number of phenolic OH excluding ortho intramolecular Hbond substituents is 1. The summed E-state index contributed by atoms with van der Waals surface area (Å²) in [6.45, 7) is 0. The average Bonchev–Trinajstić information content (AvgIpc) is 3.51. The van der Waals surface area contributed by atoms with Crippen molar-refractivity contribution < 1.29 is 37.5 Å². The number of carbonyl (C=O) groups excluding carboxylic acids is 4. The Morgan fingerprint density at radius 2 is 1.55 bits per heavy atom. The van der Waals surface area contributed by atoms with Crippen LogP contribution in [0.1, 0.15) is 35.4 Å². The summed E-state index contributed by atoms with van der Waals surface area (Å²) in [5.74, 6) is -7.87. The molecule has 0 spiro atoms. The summed E-state index contributed by atoms with van der Waals surface area (Å²) >= 11 is 19.0. The van der Waals surface area contributed by atoms with Crippen LogP contribution < -0.4 is 10.3 Å². The minimum atomic E-state index is -4.76. The average molecular weight is 782 g/mol. The molecule has 53 heavy (non-hydrogen) atoms. The van der Waals surface area contributed by atoms with Crippen LogP contribution in [-0.2, 0) is 30.8 Å². The molecular formula is C38H26Cl3F3N4O5. The fourth-order valence-corrected chi connectivity index (χ4v) is 9.23. The van der Waals surface area contributed by atoms with Gasteiger partial charge in [-0.1, -0.05) is 76.8 Å². The van der Waals surface area contributed by atoms with Crippen molar-refractivity contribution in [2.24, 2.45) is 23.7 Å². The van der Waals surface area contributed by atoms with Gasteiger partial charge in [-0.2, -0.15) is 18.2 Å². The highest BCUT2D eigenvalue weighted by Gasteiger charge is 2.70. The van der Waals surface area contributed by atoms with Gasteiger partial charge in [0.05, 0.1) is 39.4 Å². The van der Waals surface area contributed by atoms with Gasteiger partial charge in [-0.3, -0.25) is 29.5 Å². The number of hydrogen-bond acceptors (Lipinski definition) is 7. The van der Waals surface area contributed by atoms with E-state index >= 15 is 4.79 Å². The van der Waals surface area contributed by atoms with Crippen LogP contribution in [0.5, 0.6) is 5.75 Å². The van der Waals surface area contributed by atoms with E-state index in [4.69, 9.17) is 34.8 Å². The number of alkyl halides is 3. The number of hydrogen-bond donors (Lipinski definition) is 2. The molecule has 0 bridgehead atoms. The Balaban J connectivity index is 1.32. The van der Waals surface area contributed by atoms with E-state index in [0.29, 0.717) is 39.1 Å². The molecule has 2 N–H and O–H groups in total. The molecule has 3 aromatic carbocycles. The number of nitrogens with zero attached hydrogens (tertiary/aromatic N) is 3. The van der Waals surface area contributed by atoms with Gasteiger partial charge >= 0.3 is 6.18 Å². The maximum atomic E-state index is 15.2. The first kappa shape index (κ1) is 35.1. The van der Waals surface area contributed by atoms with Gasteiger partial charge in [0.25, 0.3) is 11.8 Å². The summed E-state index contributed by atoms with van der Waals surface area (Å²) in [6, 6.07) is 19.7. The standard InChI is InChI=1S/C38H26Cl3F3N4O5/c39-20-8-6-18(7-9-20)37-27(34(51)48(36(37)53)46-32-28(41)14-19(17-45-32)38(42,43)44)16-25-23(31(37)26-15-21(40)10-13-29(26)49)11-12-24-30(25)35(52)47(33(24)50)22-4-2-1-3-5-22/h1-11,13-15,17,24-25,27,30-31,49H,12,16H2,(H,45,46)/t24-,25+,27-,30-,31+,37+/m0/s1. The number of para-hydroxylation sites is 1. The van der Waals surface area contributed by atoms with Crippen molar-refractivity contribution >= 4 is 69.9 Å². The van der Waals surface area contributed by atoms with Crippen molar-refractivity contribution in [3.63, 3.8) is 0 Å². The quantitative estimate of drug-likeness (QED) is 0.156. The van der Waals surface area contributed by atoms with E-state index in [1.54, 1.807) is 54.6 Å². The van der Waals surface area contributed by atoms with Crippen molar-refractivity contribution in [3.05, 3.63) is 128 Å². The number of carbonyl (C=O) groups is 4. The van der Waals surface area contributed by atoms with Gasteiger partial charge in [0.2, 0.25) is 11.8 Å². The number of nitrogens with one attached hydrogen (secondary N) is 1. The lowest BCUT2D eigenvalue weighted by molar-refractivity contribution is -0.139. The number of aromatic nitrogens is 1. The lowest BCUT2D eigenvalue weighted by Crippen LogP contribution is -2.53. The van der Waals surface area contributed by atoms with E-state index in [1.807, 2.05) is 6.08 Å². The van der Waals surface area contributed by atoms with Crippen LogP contribution in [0.2, 0.25) is 15.1 Å². The van der Waals surface area contributed by atoms with Gasteiger partial charge in [0.15, 0.2) is 5.82 Å². The van der Waals surface area contributed by atoms with Crippen LogP contribution >= 0.6 is 34.8 Å². The monoisotopic (exact) mass is 780 g/mol. The first-order chi connectivity index (χ1) is 25.2. The fraction of sp³-hybridized carbons (Fsp3) is 0.237. The number of hydrazine groups is 1. The Labute approximate surface area is 314 Å². The maximum absolute atomic E-state index is 15.2. The Kier molecular flexibility index (Phi) is 8.36. The molecule has 270 valence electrons. The van der Waals surface area contributed by atoms with Crippen LogP contribution in [-0.4, -0.2) is 38.7 Å². The SMILES string of the molecule is O=C1[C@@H]2C[C@@H]3C(=CC[C@@H]4C(=O)N(c5ccccc5)C(=O)[C@@H]43)[C@H](c3cc(Cl)ccc3O)[C@]2(c2ccc(Cl)cc2)C(=O)N1Nc1ncc(C(F)(F)F)cc1Cl. The minimum Gasteiger partial charge on any atom is -0.508 e. The number of amides is 4. The number of pyridine rings is 1. The van der Waals surface area contributed by atoms with E-state index in [2.05, 4.69) is 10.4 Å². The highest BCUT2D eigenvalue weighted by atomic mass is 35.5. The molecule has 6 atom stereocenters. The number of imide groups is 2. The molecule has 0 radical (unpaired) electrons. The van der Waals surface area contributed by atoms with E-state index in [-0.39, 0.29) is 35.0 Å². The number of fused-ring (bicyclic) bond motifs is 4. The van der Waals surface area contributed by atoms with Gasteiger partial charge in [0.1, 0.15) is 5.75 Å². The van der Waals surface area contributed by atoms with Crippen molar-refractivity contribution in [3.8, 4) is 5.75 Å². The third-order valence-corrected chi connectivity index (χ3v) is 11.6. The van der Waals surface area contributed by atoms with Gasteiger partial charge in [-0.05, 0) is 72.9 Å². The Hall–Kier alpha value is -4.91. The van der Waals surface area contributed by atoms with Gasteiger partial charge in [-0.25, -0.2) is 4.98 Å². The van der Waals surface area contributed by atoms with Crippen LogP contribution in [0, 0.1) is 23.7 Å². The number of allylic oxidation sites excluding steroid dienone is 2. The molecule has 4 aromatic rings. The molecule has 2 saturated heterocycles. The second-order valence-electron chi connectivity index (χ2n) is 13.5. The van der Waals surface area contributed by atoms with Crippen LogP contribution in [0.25, 0.3) is 0 Å². The van der Waals surface area contributed by atoms with Gasteiger partial charge in [0, 0.05) is 27.7 Å². The van der Waals surface area contributed by atoms with Crippen molar-refractivity contribution in [1.82, 2.24) is 9.99 Å². The first-order valence-electron chi connectivity index (χ1n) is 16.5. The molecule has 1 aromatic heterocycles. The number of aromatic hydroxyl groups is 1. The molecule has 2 aliphatic heterocycles. The maximum Gasteiger partial charge on any atom is 0.417 e. The topological polar surface area (TPSA) is 120 Å². The number of phenols is 1. The molecule has 4 aliphatic rings. The predicted octanol–water partition coefficient (Wildman–Crippen LogP) is 7.96. The van der Waals surface area contributed by atoms with E-state index in [9.17, 15) is 32.7 Å². The van der Waals surface area contributed by atoms with Gasteiger partial charge < -0.3 is 5.11 Å². The van der Waals surface area contributed by atoms with Crippen molar-refractivity contribution in [1.29, 1.82) is 0 Å². The summed E-state index contributed by atoms with van der Waals surface area (Å²) in [6.07, 6.45) is -2.36. The molecule has 4 amide bonds. The molecule has 15 heteroatoms. The Morgan fingerprint density at radius 3 is 2.23 bits per heavy atom. The molecule has 0 unspecified atom stereocenters. The third kappa shape index (κ3) is 5.32. The Bertz CT molecular complexity index is 2250. The fourth-order valence-electron chi connectivity index (χ4n) is 8.72. The number of halogens is 6. The zero-order valence-electron chi connectivity index (χ0n) is 27.2. The summed E-state index contributed by atoms with van der Waals surface area (Å²) in [7, 11) is 0. The summed E-state index contributed by atoms with van der Waals surface area (Å²) < 4.78 is 40.3. The lowest BCUT2D eigenvalue weighted by atomic mass is 9.49. The molecule has 3 heterocycles. The third-order valence-electron chi connectivity index (χ3n) is 10.9. The Morgan fingerprint density at radius 1 is 0.849 bits per heavy atom. The van der Waals surface area contributed by atoms with Crippen molar-refractivity contribution in [2.45, 2.75) is 30.4 Å². The molecule has 9 nitrogen and oxygen atoms in total.